The van der Waals surface area contributed by atoms with Crippen molar-refractivity contribution in [2.45, 2.75) is 24.9 Å². The average Bonchev–Trinajstić information content (AvgIpc) is 2.78. The Morgan fingerprint density at radius 3 is 2.78 bits per heavy atom. The molecule has 0 aliphatic heterocycles. The lowest BCUT2D eigenvalue weighted by Crippen LogP contribution is -2.26. The van der Waals surface area contributed by atoms with Crippen molar-refractivity contribution in [3.05, 3.63) is 71.0 Å². The van der Waals surface area contributed by atoms with E-state index in [1.165, 1.54) is 23.8 Å². The molecule has 0 fully saturated rings. The molecule has 10 heteroatoms. The molecule has 2 aromatic carbocycles. The maximum absolute atomic E-state index is 12.7. The Hall–Kier alpha value is -3.40. The fourth-order valence-corrected chi connectivity index (χ4v) is 3.78. The number of ether oxygens (including phenoxy) is 2. The number of carbonyl (C=O) groups excluding carboxylic acids is 1. The van der Waals surface area contributed by atoms with Crippen LogP contribution in [0.5, 0.6) is 11.5 Å². The minimum atomic E-state index is -2.96. The lowest BCUT2D eigenvalue weighted by Gasteiger charge is -2.13. The first-order chi connectivity index (χ1) is 15.4. The number of rotatable bonds is 10. The number of nitrogens with zero attached hydrogens (tertiary/aromatic N) is 2. The van der Waals surface area contributed by atoms with Crippen molar-refractivity contribution in [2.75, 3.05) is 12.9 Å². The maximum atomic E-state index is 12.7. The van der Waals surface area contributed by atoms with Crippen LogP contribution in [0.15, 0.2) is 65.1 Å². The van der Waals surface area contributed by atoms with Gasteiger partial charge in [0.2, 0.25) is 5.91 Å². The first kappa shape index (κ1) is 23.3. The second-order valence-electron chi connectivity index (χ2n) is 6.55. The van der Waals surface area contributed by atoms with Gasteiger partial charge in [-0.25, -0.2) is 4.98 Å². The monoisotopic (exact) mass is 461 g/mol. The van der Waals surface area contributed by atoms with Gasteiger partial charge in [0.25, 0.3) is 5.56 Å². The van der Waals surface area contributed by atoms with Crippen LogP contribution in [0.25, 0.3) is 10.9 Å². The number of para-hydroxylation sites is 1. The normalized spacial score (nSPS) is 10.9. The third kappa shape index (κ3) is 5.64. The third-order valence-electron chi connectivity index (χ3n) is 4.40. The molecule has 0 atom stereocenters. The smallest absolute Gasteiger partial charge is 0.387 e. The molecule has 1 aromatic heterocycles. The number of hydrogen-bond acceptors (Lipinski definition) is 6. The van der Waals surface area contributed by atoms with Crippen LogP contribution in [0, 0.1) is 0 Å². The number of nitrogens with one attached hydrogen (secondary N) is 1. The van der Waals surface area contributed by atoms with Gasteiger partial charge in [-0.1, -0.05) is 36.0 Å². The Bertz CT molecular complexity index is 1180. The first-order valence-corrected chi connectivity index (χ1v) is 10.5. The van der Waals surface area contributed by atoms with Gasteiger partial charge in [-0.15, -0.1) is 6.58 Å². The number of alkyl halides is 2. The summed E-state index contributed by atoms with van der Waals surface area (Å²) in [6, 6.07) is 11.4. The third-order valence-corrected chi connectivity index (χ3v) is 5.38. The van der Waals surface area contributed by atoms with Crippen molar-refractivity contribution < 1.29 is 23.0 Å². The zero-order chi connectivity index (χ0) is 23.1. The minimum Gasteiger partial charge on any atom is -0.493 e. The van der Waals surface area contributed by atoms with Crippen molar-refractivity contribution in [3.63, 3.8) is 0 Å². The van der Waals surface area contributed by atoms with E-state index in [4.69, 9.17) is 4.74 Å². The quantitative estimate of drug-likeness (QED) is 0.282. The Morgan fingerprint density at radius 2 is 2.06 bits per heavy atom. The molecule has 3 aromatic rings. The molecule has 0 spiro atoms. The molecule has 0 bridgehead atoms. The number of carbonyl (C=O) groups is 1. The summed E-state index contributed by atoms with van der Waals surface area (Å²) in [7, 11) is 1.34. The van der Waals surface area contributed by atoms with Crippen molar-refractivity contribution >= 4 is 28.6 Å². The van der Waals surface area contributed by atoms with Crippen molar-refractivity contribution in [2.24, 2.45) is 0 Å². The lowest BCUT2D eigenvalue weighted by atomic mass is 10.2. The molecular weight excluding hydrogens is 440 g/mol. The van der Waals surface area contributed by atoms with E-state index < -0.39 is 6.61 Å². The molecule has 1 heterocycles. The number of hydrogen-bond donors (Lipinski definition) is 1. The van der Waals surface area contributed by atoms with E-state index in [0.29, 0.717) is 21.6 Å². The Labute approximate surface area is 187 Å². The molecule has 0 unspecified atom stereocenters. The van der Waals surface area contributed by atoms with E-state index in [1.807, 2.05) is 0 Å². The lowest BCUT2D eigenvalue weighted by molar-refractivity contribution is -0.118. The molecule has 3 rings (SSSR count). The molecule has 0 radical (unpaired) electrons. The van der Waals surface area contributed by atoms with E-state index in [2.05, 4.69) is 21.6 Å². The molecule has 0 aliphatic carbocycles. The summed E-state index contributed by atoms with van der Waals surface area (Å²) in [5.74, 6) is -0.198. The second-order valence-corrected chi connectivity index (χ2v) is 7.49. The van der Waals surface area contributed by atoms with E-state index in [1.54, 1.807) is 36.4 Å². The molecule has 7 nitrogen and oxygen atoms in total. The standard InChI is InChI=1S/C22H21F2N3O4S/c1-3-10-27-20(29)15-6-4-5-7-16(15)26-22(27)32-13-19(28)25-12-14-8-9-17(31-21(23)24)18(11-14)30-2/h3-9,11,21H,1,10,12-13H2,2H3,(H,25,28). The molecule has 0 aliphatic rings. The van der Waals surface area contributed by atoms with Gasteiger partial charge < -0.3 is 14.8 Å². The molecule has 1 N–H and O–H groups in total. The van der Waals surface area contributed by atoms with E-state index >= 15 is 0 Å². The highest BCUT2D eigenvalue weighted by Gasteiger charge is 2.14. The summed E-state index contributed by atoms with van der Waals surface area (Å²) in [6.07, 6.45) is 1.59. The second kappa shape index (κ2) is 10.8. The zero-order valence-electron chi connectivity index (χ0n) is 17.2. The van der Waals surface area contributed by atoms with Gasteiger partial charge >= 0.3 is 6.61 Å². The van der Waals surface area contributed by atoms with Crippen LogP contribution in [0.4, 0.5) is 8.78 Å². The summed E-state index contributed by atoms with van der Waals surface area (Å²) in [6.45, 7) is 1.14. The SMILES string of the molecule is C=CCn1c(SCC(=O)NCc2ccc(OC(F)F)c(OC)c2)nc2ccccc2c1=O. The van der Waals surface area contributed by atoms with Crippen LogP contribution < -0.4 is 20.3 Å². The summed E-state index contributed by atoms with van der Waals surface area (Å²) >= 11 is 1.14. The van der Waals surface area contributed by atoms with Crippen LogP contribution in [0.3, 0.4) is 0 Å². The topological polar surface area (TPSA) is 82.5 Å². The summed E-state index contributed by atoms with van der Waals surface area (Å²) in [5, 5.41) is 3.66. The van der Waals surface area contributed by atoms with Gasteiger partial charge in [-0.3, -0.25) is 14.2 Å². The number of methoxy groups -OCH3 is 1. The number of thioether (sulfide) groups is 1. The zero-order valence-corrected chi connectivity index (χ0v) is 18.0. The van der Waals surface area contributed by atoms with E-state index in [9.17, 15) is 18.4 Å². The number of amides is 1. The van der Waals surface area contributed by atoms with Crippen molar-refractivity contribution in [1.82, 2.24) is 14.9 Å². The summed E-state index contributed by atoms with van der Waals surface area (Å²) < 4.78 is 35.8. The molecule has 168 valence electrons. The molecule has 0 saturated heterocycles. The van der Waals surface area contributed by atoms with Crippen molar-refractivity contribution in [1.29, 1.82) is 0 Å². The Balaban J connectivity index is 1.66. The summed E-state index contributed by atoms with van der Waals surface area (Å²) in [4.78, 5) is 29.6. The van der Waals surface area contributed by atoms with Gasteiger partial charge in [-0.05, 0) is 29.8 Å². The first-order valence-electron chi connectivity index (χ1n) is 9.54. The molecule has 1 amide bonds. The number of halogens is 2. The van der Waals surface area contributed by atoms with Gasteiger partial charge in [0, 0.05) is 13.1 Å². The van der Waals surface area contributed by atoms with Crippen molar-refractivity contribution in [3.8, 4) is 11.5 Å². The molecule has 0 saturated carbocycles. The van der Waals surface area contributed by atoms with Crippen LogP contribution in [-0.4, -0.2) is 34.9 Å². The van der Waals surface area contributed by atoms with Gasteiger partial charge in [0.1, 0.15) is 0 Å². The Kier molecular flexibility index (Phi) is 7.82. The number of aromatic nitrogens is 2. The van der Waals surface area contributed by atoms with Gasteiger partial charge in [0.15, 0.2) is 16.7 Å². The molecular formula is C22H21F2N3O4S. The van der Waals surface area contributed by atoms with E-state index in [0.717, 1.165) is 11.8 Å². The molecule has 32 heavy (non-hydrogen) atoms. The minimum absolute atomic E-state index is 0.0334. The highest BCUT2D eigenvalue weighted by molar-refractivity contribution is 7.99. The van der Waals surface area contributed by atoms with Crippen LogP contribution in [0.2, 0.25) is 0 Å². The number of allylic oxidation sites excluding steroid dienone is 1. The Morgan fingerprint density at radius 1 is 1.28 bits per heavy atom. The average molecular weight is 461 g/mol. The van der Waals surface area contributed by atoms with Crippen LogP contribution >= 0.6 is 11.8 Å². The predicted octanol–water partition coefficient (Wildman–Crippen LogP) is 3.60. The van der Waals surface area contributed by atoms with Crippen LogP contribution in [0.1, 0.15) is 5.56 Å². The van der Waals surface area contributed by atoms with E-state index in [-0.39, 0.29) is 41.8 Å². The predicted molar refractivity (Wildman–Crippen MR) is 118 cm³/mol. The highest BCUT2D eigenvalue weighted by Crippen LogP contribution is 2.29. The fraction of sp³-hybridized carbons (Fsp3) is 0.227. The largest absolute Gasteiger partial charge is 0.493 e. The maximum Gasteiger partial charge on any atom is 0.387 e. The van der Waals surface area contributed by atoms with Gasteiger partial charge in [0.05, 0.1) is 23.8 Å². The number of benzene rings is 2. The summed E-state index contributed by atoms with van der Waals surface area (Å²) in [5.41, 5.74) is 1.00. The number of fused-ring (bicyclic) bond motifs is 1. The van der Waals surface area contributed by atoms with Gasteiger partial charge in [-0.2, -0.15) is 8.78 Å². The van der Waals surface area contributed by atoms with Crippen LogP contribution in [-0.2, 0) is 17.9 Å². The fourth-order valence-electron chi connectivity index (χ4n) is 2.95. The highest BCUT2D eigenvalue weighted by atomic mass is 32.2.